The van der Waals surface area contributed by atoms with Gasteiger partial charge in [-0.3, -0.25) is 14.8 Å². The minimum absolute atomic E-state index is 0.114. The van der Waals surface area contributed by atoms with E-state index in [4.69, 9.17) is 4.74 Å². The molecule has 3 aromatic rings. The van der Waals surface area contributed by atoms with Gasteiger partial charge in [0.1, 0.15) is 5.75 Å². The van der Waals surface area contributed by atoms with E-state index in [9.17, 15) is 4.79 Å². The summed E-state index contributed by atoms with van der Waals surface area (Å²) in [6.45, 7) is 0.333. The van der Waals surface area contributed by atoms with Gasteiger partial charge in [0, 0.05) is 23.3 Å². The monoisotopic (exact) mass is 351 g/mol. The Kier molecular flexibility index (Phi) is 4.43. The van der Waals surface area contributed by atoms with Crippen LogP contribution in [-0.2, 0) is 17.8 Å². The van der Waals surface area contributed by atoms with Crippen molar-refractivity contribution in [3.05, 3.63) is 64.7 Å². The van der Waals surface area contributed by atoms with E-state index in [0.717, 1.165) is 34.7 Å². The summed E-state index contributed by atoms with van der Waals surface area (Å²) in [6, 6.07) is 9.86. The van der Waals surface area contributed by atoms with E-state index in [1.807, 2.05) is 41.1 Å². The number of nitrogens with zero attached hydrogens (tertiary/aromatic N) is 2. The molecule has 1 amide bonds. The van der Waals surface area contributed by atoms with Gasteiger partial charge in [0.2, 0.25) is 0 Å². The first-order chi connectivity index (χ1) is 12.3. The number of para-hydroxylation sites is 1. The second kappa shape index (κ2) is 7.03. The Morgan fingerprint density at radius 3 is 3.00 bits per heavy atom. The SMILES string of the molecule is O=C(NCc1nccnc1-c1ccsc1)[C@@H]1CCc2ccccc2O1. The number of hydrogen-bond acceptors (Lipinski definition) is 5. The van der Waals surface area contributed by atoms with Crippen molar-refractivity contribution in [1.29, 1.82) is 0 Å². The summed E-state index contributed by atoms with van der Waals surface area (Å²) in [5.74, 6) is 0.684. The summed E-state index contributed by atoms with van der Waals surface area (Å²) >= 11 is 1.61. The highest BCUT2D eigenvalue weighted by atomic mass is 32.1. The molecule has 126 valence electrons. The molecule has 1 aliphatic heterocycles. The number of aryl methyl sites for hydroxylation is 1. The fraction of sp³-hybridized carbons (Fsp3) is 0.211. The lowest BCUT2D eigenvalue weighted by molar-refractivity contribution is -0.128. The molecular formula is C19H17N3O2S. The number of aromatic nitrogens is 2. The van der Waals surface area contributed by atoms with Crippen LogP contribution >= 0.6 is 11.3 Å². The summed E-state index contributed by atoms with van der Waals surface area (Å²) in [5.41, 5.74) is 3.73. The molecule has 6 heteroatoms. The van der Waals surface area contributed by atoms with E-state index < -0.39 is 6.10 Å². The molecule has 0 saturated carbocycles. The molecule has 25 heavy (non-hydrogen) atoms. The number of ether oxygens (including phenoxy) is 1. The summed E-state index contributed by atoms with van der Waals surface area (Å²) in [5, 5.41) is 6.96. The maximum absolute atomic E-state index is 12.5. The quantitative estimate of drug-likeness (QED) is 0.784. The Hall–Kier alpha value is -2.73. The summed E-state index contributed by atoms with van der Waals surface area (Å²) < 4.78 is 5.84. The third-order valence-electron chi connectivity index (χ3n) is 4.21. The zero-order valence-corrected chi connectivity index (χ0v) is 14.3. The van der Waals surface area contributed by atoms with E-state index in [0.29, 0.717) is 13.0 Å². The molecule has 2 aromatic heterocycles. The molecule has 1 aromatic carbocycles. The highest BCUT2D eigenvalue weighted by molar-refractivity contribution is 7.08. The first kappa shape index (κ1) is 15.8. The van der Waals surface area contributed by atoms with Gasteiger partial charge in [0.05, 0.1) is 17.9 Å². The van der Waals surface area contributed by atoms with Crippen LogP contribution in [0.25, 0.3) is 11.3 Å². The van der Waals surface area contributed by atoms with E-state index >= 15 is 0 Å². The largest absolute Gasteiger partial charge is 0.480 e. The first-order valence-electron chi connectivity index (χ1n) is 8.16. The number of benzene rings is 1. The fourth-order valence-corrected chi connectivity index (χ4v) is 3.57. The Morgan fingerprint density at radius 1 is 1.24 bits per heavy atom. The summed E-state index contributed by atoms with van der Waals surface area (Å²) in [7, 11) is 0. The predicted molar refractivity (Wildman–Crippen MR) is 96.4 cm³/mol. The van der Waals surface area contributed by atoms with Gasteiger partial charge in [0.25, 0.3) is 5.91 Å². The molecule has 0 aliphatic carbocycles. The van der Waals surface area contributed by atoms with Gasteiger partial charge in [-0.1, -0.05) is 18.2 Å². The third kappa shape index (κ3) is 3.39. The van der Waals surface area contributed by atoms with Gasteiger partial charge in [-0.2, -0.15) is 11.3 Å². The highest BCUT2D eigenvalue weighted by Crippen LogP contribution is 2.27. The Balaban J connectivity index is 1.44. The van der Waals surface area contributed by atoms with Crippen molar-refractivity contribution in [2.24, 2.45) is 0 Å². The standard InChI is InChI=1S/C19H17N3O2S/c23-19(17-6-5-13-3-1-2-4-16(13)24-17)22-11-15-18(21-9-8-20-15)14-7-10-25-12-14/h1-4,7-10,12,17H,5-6,11H2,(H,22,23)/t17-/m0/s1. The van der Waals surface area contributed by atoms with Crippen molar-refractivity contribution in [1.82, 2.24) is 15.3 Å². The van der Waals surface area contributed by atoms with E-state index in [1.165, 1.54) is 0 Å². The summed E-state index contributed by atoms with van der Waals surface area (Å²) in [6.07, 6.45) is 4.38. The van der Waals surface area contributed by atoms with E-state index in [-0.39, 0.29) is 5.91 Å². The molecule has 1 atom stereocenters. The van der Waals surface area contributed by atoms with Gasteiger partial charge in [0.15, 0.2) is 6.10 Å². The van der Waals surface area contributed by atoms with Crippen LogP contribution in [0, 0.1) is 0 Å². The van der Waals surface area contributed by atoms with Gasteiger partial charge in [-0.05, 0) is 35.9 Å². The Bertz CT molecular complexity index is 880. The third-order valence-corrected chi connectivity index (χ3v) is 4.89. The topological polar surface area (TPSA) is 64.1 Å². The number of rotatable bonds is 4. The maximum atomic E-state index is 12.5. The first-order valence-corrected chi connectivity index (χ1v) is 9.10. The van der Waals surface area contributed by atoms with Crippen LogP contribution in [0.5, 0.6) is 5.75 Å². The molecule has 0 unspecified atom stereocenters. The van der Waals surface area contributed by atoms with Crippen molar-refractivity contribution in [3.63, 3.8) is 0 Å². The minimum Gasteiger partial charge on any atom is -0.480 e. The van der Waals surface area contributed by atoms with Gasteiger partial charge in [-0.15, -0.1) is 0 Å². The smallest absolute Gasteiger partial charge is 0.261 e. The van der Waals surface area contributed by atoms with Crippen LogP contribution in [0.1, 0.15) is 17.7 Å². The number of amides is 1. The van der Waals surface area contributed by atoms with Crippen LogP contribution in [-0.4, -0.2) is 22.0 Å². The highest BCUT2D eigenvalue weighted by Gasteiger charge is 2.25. The van der Waals surface area contributed by atoms with Crippen LogP contribution in [0.4, 0.5) is 0 Å². The molecule has 0 radical (unpaired) electrons. The van der Waals surface area contributed by atoms with E-state index in [1.54, 1.807) is 23.7 Å². The second-order valence-corrected chi connectivity index (χ2v) is 6.61. The molecule has 0 spiro atoms. The molecule has 1 N–H and O–H groups in total. The van der Waals surface area contributed by atoms with Crippen molar-refractivity contribution in [2.45, 2.75) is 25.5 Å². The normalized spacial score (nSPS) is 15.9. The van der Waals surface area contributed by atoms with Crippen LogP contribution in [0.3, 0.4) is 0 Å². The minimum atomic E-state index is -0.462. The lowest BCUT2D eigenvalue weighted by atomic mass is 10.0. The van der Waals surface area contributed by atoms with Crippen molar-refractivity contribution in [3.8, 4) is 17.0 Å². The average Bonchev–Trinajstić information content (AvgIpc) is 3.20. The van der Waals surface area contributed by atoms with Gasteiger partial charge < -0.3 is 10.1 Å². The van der Waals surface area contributed by atoms with Gasteiger partial charge in [-0.25, -0.2) is 0 Å². The number of thiophene rings is 1. The predicted octanol–water partition coefficient (Wildman–Crippen LogP) is 3.22. The molecule has 0 bridgehead atoms. The van der Waals surface area contributed by atoms with Crippen molar-refractivity contribution in [2.75, 3.05) is 0 Å². The Morgan fingerprint density at radius 2 is 2.12 bits per heavy atom. The zero-order chi connectivity index (χ0) is 17.1. The van der Waals surface area contributed by atoms with Gasteiger partial charge >= 0.3 is 0 Å². The fourth-order valence-electron chi connectivity index (χ4n) is 2.93. The number of nitrogens with one attached hydrogen (secondary N) is 1. The molecule has 3 heterocycles. The van der Waals surface area contributed by atoms with E-state index in [2.05, 4.69) is 15.3 Å². The lowest BCUT2D eigenvalue weighted by Crippen LogP contribution is -2.40. The molecule has 4 rings (SSSR count). The number of fused-ring (bicyclic) bond motifs is 1. The number of carbonyl (C=O) groups is 1. The second-order valence-electron chi connectivity index (χ2n) is 5.83. The van der Waals surface area contributed by atoms with Crippen LogP contribution in [0.15, 0.2) is 53.5 Å². The number of hydrogen-bond donors (Lipinski definition) is 1. The van der Waals surface area contributed by atoms with Crippen LogP contribution in [0.2, 0.25) is 0 Å². The van der Waals surface area contributed by atoms with Crippen molar-refractivity contribution >= 4 is 17.2 Å². The number of carbonyl (C=O) groups excluding carboxylic acids is 1. The lowest BCUT2D eigenvalue weighted by Gasteiger charge is -2.25. The molecule has 0 fully saturated rings. The maximum Gasteiger partial charge on any atom is 0.261 e. The zero-order valence-electron chi connectivity index (χ0n) is 13.5. The summed E-state index contributed by atoms with van der Waals surface area (Å²) in [4.78, 5) is 21.3. The molecule has 0 saturated heterocycles. The molecule has 1 aliphatic rings. The molecule has 5 nitrogen and oxygen atoms in total. The van der Waals surface area contributed by atoms with Crippen molar-refractivity contribution < 1.29 is 9.53 Å². The Labute approximate surface area is 149 Å². The average molecular weight is 351 g/mol. The van der Waals surface area contributed by atoms with Crippen LogP contribution < -0.4 is 10.1 Å². The molecular weight excluding hydrogens is 334 g/mol.